The Morgan fingerprint density at radius 2 is 1.85 bits per heavy atom. The van der Waals surface area contributed by atoms with Gasteiger partial charge in [0.05, 0.1) is 11.6 Å². The molecule has 7 nitrogen and oxygen atoms in total. The molecule has 1 aliphatic rings. The molecule has 0 saturated carbocycles. The molecule has 0 bridgehead atoms. The lowest BCUT2D eigenvalue weighted by molar-refractivity contribution is -0.133. The maximum atomic E-state index is 14.2. The maximum absolute atomic E-state index is 14.2. The number of benzene rings is 3. The Kier molecular flexibility index (Phi) is 7.51. The summed E-state index contributed by atoms with van der Waals surface area (Å²) in [5.41, 5.74) is 8.42. The van der Waals surface area contributed by atoms with Crippen LogP contribution in [0, 0.1) is 19.8 Å². The van der Waals surface area contributed by atoms with Gasteiger partial charge in [0, 0.05) is 18.4 Å². The second-order valence-electron chi connectivity index (χ2n) is 10.5. The number of hydrogen-bond acceptors (Lipinski definition) is 5. The highest BCUT2D eigenvalue weighted by Crippen LogP contribution is 2.38. The third-order valence-electron chi connectivity index (χ3n) is 8.13. The highest BCUT2D eigenvalue weighted by Gasteiger charge is 2.42. The zero-order valence-electron chi connectivity index (χ0n) is 23.3. The summed E-state index contributed by atoms with van der Waals surface area (Å²) >= 11 is 0. The van der Waals surface area contributed by atoms with E-state index in [-0.39, 0.29) is 24.5 Å². The minimum atomic E-state index is -0.567. The number of rotatable bonds is 8. The Morgan fingerprint density at radius 1 is 1.08 bits per heavy atom. The average Bonchev–Trinajstić information content (AvgIpc) is 3.54. The van der Waals surface area contributed by atoms with Gasteiger partial charge in [0.2, 0.25) is 5.91 Å². The van der Waals surface area contributed by atoms with Crippen molar-refractivity contribution in [3.05, 3.63) is 94.0 Å². The number of cyclic esters (lactones) is 1. The molecule has 1 saturated heterocycles. The molecule has 2 heterocycles. The van der Waals surface area contributed by atoms with Gasteiger partial charge in [-0.1, -0.05) is 73.7 Å². The maximum Gasteiger partial charge on any atom is 0.416 e. The molecule has 7 heteroatoms. The highest BCUT2D eigenvalue weighted by atomic mass is 16.6. The van der Waals surface area contributed by atoms with Crippen LogP contribution in [-0.2, 0) is 28.9 Å². The number of hydrogen-bond donors (Lipinski definition) is 0. The molecule has 2 amide bonds. The first-order chi connectivity index (χ1) is 18.8. The van der Waals surface area contributed by atoms with E-state index in [4.69, 9.17) is 4.74 Å². The van der Waals surface area contributed by atoms with Crippen LogP contribution >= 0.6 is 0 Å². The van der Waals surface area contributed by atoms with Gasteiger partial charge in [0.1, 0.15) is 12.1 Å². The molecular weight excluding hydrogens is 488 g/mol. The number of aryl methyl sites for hydroxylation is 4. The number of carbonyl (C=O) groups excluding carboxylic acids is 2. The van der Waals surface area contributed by atoms with E-state index in [1.54, 1.807) is 0 Å². The van der Waals surface area contributed by atoms with Crippen molar-refractivity contribution >= 4 is 23.0 Å². The number of imide groups is 1. The fourth-order valence-corrected chi connectivity index (χ4v) is 5.89. The Morgan fingerprint density at radius 3 is 2.56 bits per heavy atom. The van der Waals surface area contributed by atoms with Crippen LogP contribution < -0.4 is 0 Å². The minimum Gasteiger partial charge on any atom is -0.447 e. The van der Waals surface area contributed by atoms with Crippen molar-refractivity contribution < 1.29 is 14.3 Å². The first-order valence-electron chi connectivity index (χ1n) is 13.8. The summed E-state index contributed by atoms with van der Waals surface area (Å²) in [7, 11) is 0. The van der Waals surface area contributed by atoms with Gasteiger partial charge in [-0.25, -0.2) is 14.4 Å². The van der Waals surface area contributed by atoms with E-state index >= 15 is 0 Å². The quantitative estimate of drug-likeness (QED) is 0.283. The van der Waals surface area contributed by atoms with Crippen LogP contribution in [0.15, 0.2) is 60.7 Å². The number of aromatic nitrogens is 3. The molecule has 1 aliphatic heterocycles. The molecule has 0 radical (unpaired) electrons. The molecule has 1 fully saturated rings. The molecule has 3 atom stereocenters. The van der Waals surface area contributed by atoms with E-state index in [0.29, 0.717) is 6.42 Å². The molecule has 5 rings (SSSR count). The summed E-state index contributed by atoms with van der Waals surface area (Å²) in [5.74, 6) is -1.01. The number of nitrogens with zero attached hydrogens (tertiary/aromatic N) is 4. The van der Waals surface area contributed by atoms with E-state index in [9.17, 15) is 9.59 Å². The second kappa shape index (κ2) is 11.0. The summed E-state index contributed by atoms with van der Waals surface area (Å²) in [6.07, 6.45) is 0.892. The van der Waals surface area contributed by atoms with Crippen LogP contribution in [0.2, 0.25) is 0 Å². The van der Waals surface area contributed by atoms with Crippen molar-refractivity contribution in [2.45, 2.75) is 66.0 Å². The van der Waals surface area contributed by atoms with Crippen molar-refractivity contribution in [1.29, 1.82) is 0 Å². The summed E-state index contributed by atoms with van der Waals surface area (Å²) in [4.78, 5) is 28.4. The zero-order chi connectivity index (χ0) is 27.7. The summed E-state index contributed by atoms with van der Waals surface area (Å²) in [6.45, 7) is 11.2. The topological polar surface area (TPSA) is 77.3 Å². The smallest absolute Gasteiger partial charge is 0.416 e. The number of fused-ring (bicyclic) bond motifs is 1. The van der Waals surface area contributed by atoms with Crippen molar-refractivity contribution in [2.24, 2.45) is 5.92 Å². The van der Waals surface area contributed by atoms with Crippen LogP contribution in [-0.4, -0.2) is 44.5 Å². The second-order valence-corrected chi connectivity index (χ2v) is 10.5. The Bertz CT molecular complexity index is 1510. The summed E-state index contributed by atoms with van der Waals surface area (Å²) in [6, 6.07) is 20.2. The van der Waals surface area contributed by atoms with Gasteiger partial charge in [0.15, 0.2) is 0 Å². The van der Waals surface area contributed by atoms with Gasteiger partial charge < -0.3 is 4.74 Å². The summed E-state index contributed by atoms with van der Waals surface area (Å²) in [5, 5.41) is 8.79. The highest BCUT2D eigenvalue weighted by molar-refractivity contribution is 5.95. The molecule has 4 aromatic rings. The molecule has 0 spiro atoms. The number of amides is 2. The van der Waals surface area contributed by atoms with E-state index < -0.39 is 12.0 Å². The third-order valence-corrected chi connectivity index (χ3v) is 8.13. The van der Waals surface area contributed by atoms with Crippen LogP contribution in [0.4, 0.5) is 4.79 Å². The summed E-state index contributed by atoms with van der Waals surface area (Å²) < 4.78 is 7.29. The van der Waals surface area contributed by atoms with Crippen molar-refractivity contribution in [1.82, 2.24) is 19.9 Å². The average molecular weight is 525 g/mol. The van der Waals surface area contributed by atoms with Gasteiger partial charge in [-0.15, -0.1) is 5.10 Å². The van der Waals surface area contributed by atoms with Crippen molar-refractivity contribution in [3.8, 4) is 0 Å². The van der Waals surface area contributed by atoms with Crippen LogP contribution in [0.25, 0.3) is 11.0 Å². The largest absolute Gasteiger partial charge is 0.447 e. The van der Waals surface area contributed by atoms with Crippen molar-refractivity contribution in [2.75, 3.05) is 6.61 Å². The Balaban J connectivity index is 1.57. The lowest BCUT2D eigenvalue weighted by Crippen LogP contribution is -2.44. The predicted octanol–water partition coefficient (Wildman–Crippen LogP) is 5.99. The predicted molar refractivity (Wildman–Crippen MR) is 152 cm³/mol. The Labute approximate surface area is 229 Å². The van der Waals surface area contributed by atoms with Gasteiger partial charge in [-0.2, -0.15) is 0 Å². The molecule has 0 aliphatic carbocycles. The molecule has 1 aromatic heterocycles. The van der Waals surface area contributed by atoms with Gasteiger partial charge >= 0.3 is 6.09 Å². The van der Waals surface area contributed by atoms with Gasteiger partial charge in [-0.05, 0) is 73.1 Å². The monoisotopic (exact) mass is 524 g/mol. The molecule has 0 N–H and O–H groups in total. The molecule has 3 aromatic carbocycles. The lowest BCUT2D eigenvalue weighted by Gasteiger charge is -2.30. The van der Waals surface area contributed by atoms with Crippen LogP contribution in [0.3, 0.4) is 0 Å². The van der Waals surface area contributed by atoms with E-state index in [2.05, 4.69) is 48.4 Å². The normalized spacial score (nSPS) is 16.9. The SMILES string of the molecule is CCc1cc([C@H](c2ccc3c(nnn3CC)c2C)[C@H](C)C(=O)N2C(=O)OC[C@@H]2Cc2ccccc2)ccc1C. The molecule has 202 valence electrons. The lowest BCUT2D eigenvalue weighted by atomic mass is 9.78. The first-order valence-corrected chi connectivity index (χ1v) is 13.8. The zero-order valence-corrected chi connectivity index (χ0v) is 23.3. The van der Waals surface area contributed by atoms with E-state index in [0.717, 1.165) is 46.3 Å². The van der Waals surface area contributed by atoms with Crippen LogP contribution in [0.5, 0.6) is 0 Å². The molecular formula is C32H36N4O3. The fraction of sp³-hybridized carbons (Fsp3) is 0.375. The van der Waals surface area contributed by atoms with Gasteiger partial charge in [0.25, 0.3) is 0 Å². The first kappa shape index (κ1) is 26.6. The Hall–Kier alpha value is -4.00. The van der Waals surface area contributed by atoms with E-state index in [1.807, 2.05) is 61.9 Å². The molecule has 0 unspecified atom stereocenters. The minimum absolute atomic E-state index is 0.201. The number of ether oxygens (including phenoxy) is 1. The van der Waals surface area contributed by atoms with Crippen LogP contribution in [0.1, 0.15) is 60.1 Å². The van der Waals surface area contributed by atoms with Gasteiger partial charge in [-0.3, -0.25) is 4.79 Å². The number of carbonyl (C=O) groups is 2. The molecule has 39 heavy (non-hydrogen) atoms. The fourth-order valence-electron chi connectivity index (χ4n) is 5.89. The third kappa shape index (κ3) is 4.93. The van der Waals surface area contributed by atoms with E-state index in [1.165, 1.54) is 16.0 Å². The van der Waals surface area contributed by atoms with Crippen molar-refractivity contribution in [3.63, 3.8) is 0 Å². The standard InChI is InChI=1S/C32H36N4O3/c1-6-24-18-25(14-13-20(24)3)29(27-15-16-28-30(21(27)4)33-34-35(28)7-2)22(5)31(37)36-26(19-39-32(36)38)17-23-11-9-8-10-12-23/h8-16,18,22,26,29H,6-7,17,19H2,1-5H3/t22-,26-,29+/m0/s1.